The van der Waals surface area contributed by atoms with Crippen LogP contribution in [-0.4, -0.2) is 29.2 Å². The van der Waals surface area contributed by atoms with Crippen LogP contribution in [0.1, 0.15) is 18.6 Å². The van der Waals surface area contributed by atoms with Crippen molar-refractivity contribution in [1.82, 2.24) is 10.2 Å². The van der Waals surface area contributed by atoms with Crippen molar-refractivity contribution in [2.75, 3.05) is 6.54 Å². The lowest BCUT2D eigenvalue weighted by molar-refractivity contribution is -0.140. The van der Waals surface area contributed by atoms with Crippen LogP contribution in [0, 0.1) is 35.5 Å². The van der Waals surface area contributed by atoms with Crippen molar-refractivity contribution in [3.63, 3.8) is 0 Å². The maximum atomic E-state index is 12.8. The Labute approximate surface area is 145 Å². The molecule has 3 fully saturated rings. The summed E-state index contributed by atoms with van der Waals surface area (Å²) in [6.45, 7) is 0.486. The van der Waals surface area contributed by atoms with E-state index in [1.165, 1.54) is 4.90 Å². The number of rotatable bonds is 5. The number of furan rings is 1. The van der Waals surface area contributed by atoms with Crippen LogP contribution in [0.2, 0.25) is 0 Å². The van der Waals surface area contributed by atoms with Gasteiger partial charge in [0.25, 0.3) is 0 Å². The molecule has 2 heterocycles. The maximum absolute atomic E-state index is 12.8. The summed E-state index contributed by atoms with van der Waals surface area (Å²) in [5.41, 5.74) is 0. The Hall–Kier alpha value is -2.37. The monoisotopic (exact) mass is 340 g/mol. The lowest BCUT2D eigenvalue weighted by Crippen LogP contribution is -2.40. The van der Waals surface area contributed by atoms with Crippen molar-refractivity contribution in [3.8, 4) is 0 Å². The van der Waals surface area contributed by atoms with Crippen molar-refractivity contribution in [1.29, 1.82) is 0 Å². The molecule has 6 unspecified atom stereocenters. The highest BCUT2D eigenvalue weighted by Gasteiger charge is 2.66. The first kappa shape index (κ1) is 14.9. The lowest BCUT2D eigenvalue weighted by Gasteiger charge is -2.37. The Morgan fingerprint density at radius 1 is 1.16 bits per heavy atom. The molecule has 1 saturated heterocycles. The largest absolute Gasteiger partial charge is 0.467 e. The van der Waals surface area contributed by atoms with Crippen LogP contribution in [-0.2, 0) is 20.9 Å². The number of amides is 3. The molecule has 2 bridgehead atoms. The normalized spacial score (nSPS) is 37.2. The first-order valence-electron chi connectivity index (χ1n) is 8.98. The van der Waals surface area contributed by atoms with Crippen molar-refractivity contribution < 1.29 is 18.8 Å². The van der Waals surface area contributed by atoms with Crippen LogP contribution >= 0.6 is 0 Å². The molecule has 0 radical (unpaired) electrons. The smallest absolute Gasteiger partial charge is 0.233 e. The minimum atomic E-state index is -0.184. The van der Waals surface area contributed by atoms with Crippen molar-refractivity contribution in [2.45, 2.75) is 19.4 Å². The number of likely N-dealkylation sites (tertiary alicyclic amines) is 1. The SMILES string of the molecule is O=C(CCN1C(=O)C2C3C=CC(C4CC34)C2C1=O)NCc1ccco1. The fourth-order valence-corrected chi connectivity index (χ4v) is 5.14. The van der Waals surface area contributed by atoms with Gasteiger partial charge in [0.05, 0.1) is 24.6 Å². The average molecular weight is 340 g/mol. The second-order valence-electron chi connectivity index (χ2n) is 7.59. The van der Waals surface area contributed by atoms with Gasteiger partial charge in [-0.05, 0) is 42.2 Å². The zero-order valence-electron chi connectivity index (χ0n) is 13.8. The highest BCUT2D eigenvalue weighted by atomic mass is 16.3. The molecule has 130 valence electrons. The van der Waals surface area contributed by atoms with Gasteiger partial charge < -0.3 is 9.73 Å². The standard InChI is InChI=1S/C19H20N2O4/c22-15(20-9-10-2-1-7-25-10)5-6-21-18(23)16-11-3-4-12(14-8-13(11)14)17(16)19(21)24/h1-4,7,11-14,16-17H,5-6,8-9H2,(H,20,22). The van der Waals surface area contributed by atoms with Gasteiger partial charge in [-0.15, -0.1) is 0 Å². The van der Waals surface area contributed by atoms with E-state index in [-0.39, 0.29) is 54.4 Å². The molecule has 1 aromatic rings. The molecule has 6 atom stereocenters. The molecular formula is C19H20N2O4. The molecule has 4 aliphatic carbocycles. The van der Waals surface area contributed by atoms with Gasteiger partial charge in [0, 0.05) is 13.0 Å². The van der Waals surface area contributed by atoms with Gasteiger partial charge in [0.15, 0.2) is 0 Å². The summed E-state index contributed by atoms with van der Waals surface area (Å²) in [7, 11) is 0. The van der Waals surface area contributed by atoms with Crippen molar-refractivity contribution in [2.24, 2.45) is 35.5 Å². The molecular weight excluding hydrogens is 320 g/mol. The summed E-state index contributed by atoms with van der Waals surface area (Å²) in [5, 5.41) is 2.75. The molecule has 2 saturated carbocycles. The Bertz CT molecular complexity index is 732. The van der Waals surface area contributed by atoms with Crippen LogP contribution in [0.5, 0.6) is 0 Å². The first-order chi connectivity index (χ1) is 12.1. The van der Waals surface area contributed by atoms with Crippen LogP contribution in [0.25, 0.3) is 0 Å². The van der Waals surface area contributed by atoms with Gasteiger partial charge in [0.1, 0.15) is 5.76 Å². The first-order valence-corrected chi connectivity index (χ1v) is 8.98. The zero-order chi connectivity index (χ0) is 17.1. The third-order valence-electron chi connectivity index (χ3n) is 6.36. The quantitative estimate of drug-likeness (QED) is 0.648. The van der Waals surface area contributed by atoms with E-state index < -0.39 is 0 Å². The van der Waals surface area contributed by atoms with Gasteiger partial charge in [0.2, 0.25) is 17.7 Å². The van der Waals surface area contributed by atoms with Crippen molar-refractivity contribution in [3.05, 3.63) is 36.3 Å². The maximum Gasteiger partial charge on any atom is 0.233 e. The summed E-state index contributed by atoms with van der Waals surface area (Å²) in [6, 6.07) is 3.55. The van der Waals surface area contributed by atoms with E-state index in [1.54, 1.807) is 18.4 Å². The van der Waals surface area contributed by atoms with Gasteiger partial charge in [-0.2, -0.15) is 0 Å². The third kappa shape index (κ3) is 2.19. The van der Waals surface area contributed by atoms with Gasteiger partial charge in [-0.3, -0.25) is 19.3 Å². The fraction of sp³-hybridized carbons (Fsp3) is 0.526. The Morgan fingerprint density at radius 3 is 2.44 bits per heavy atom. The number of allylic oxidation sites excluding steroid dienone is 2. The molecule has 6 nitrogen and oxygen atoms in total. The zero-order valence-corrected chi connectivity index (χ0v) is 13.8. The summed E-state index contributed by atoms with van der Waals surface area (Å²) >= 11 is 0. The molecule has 1 aromatic heterocycles. The van der Waals surface area contributed by atoms with E-state index in [2.05, 4.69) is 17.5 Å². The summed E-state index contributed by atoms with van der Waals surface area (Å²) in [5.74, 6) is 1.65. The number of imide groups is 1. The number of nitrogens with one attached hydrogen (secondary N) is 1. The Kier molecular flexibility index (Phi) is 3.17. The molecule has 6 rings (SSSR count). The van der Waals surface area contributed by atoms with Crippen LogP contribution in [0.15, 0.2) is 35.0 Å². The van der Waals surface area contributed by atoms with Crippen molar-refractivity contribution >= 4 is 17.7 Å². The van der Waals surface area contributed by atoms with E-state index in [1.807, 2.05) is 0 Å². The number of carbonyl (C=O) groups excluding carboxylic acids is 3. The van der Waals surface area contributed by atoms with Crippen LogP contribution < -0.4 is 5.32 Å². The predicted molar refractivity (Wildman–Crippen MR) is 86.6 cm³/mol. The van der Waals surface area contributed by atoms with Gasteiger partial charge in [-0.25, -0.2) is 0 Å². The average Bonchev–Trinajstić information content (AvgIpc) is 3.22. The van der Waals surface area contributed by atoms with E-state index in [0.717, 1.165) is 6.42 Å². The molecule has 3 amide bonds. The summed E-state index contributed by atoms with van der Waals surface area (Å²) in [4.78, 5) is 38.9. The highest BCUT2D eigenvalue weighted by molar-refractivity contribution is 6.06. The van der Waals surface area contributed by atoms with Crippen LogP contribution in [0.3, 0.4) is 0 Å². The number of carbonyl (C=O) groups is 3. The van der Waals surface area contributed by atoms with Crippen LogP contribution in [0.4, 0.5) is 0 Å². The third-order valence-corrected chi connectivity index (χ3v) is 6.36. The minimum Gasteiger partial charge on any atom is -0.467 e. The second-order valence-corrected chi connectivity index (χ2v) is 7.59. The van der Waals surface area contributed by atoms with Gasteiger partial charge in [-0.1, -0.05) is 12.2 Å². The lowest BCUT2D eigenvalue weighted by atomic mass is 9.63. The Morgan fingerprint density at radius 2 is 1.84 bits per heavy atom. The molecule has 1 aliphatic heterocycles. The molecule has 5 aliphatic rings. The molecule has 6 heteroatoms. The number of nitrogens with zero attached hydrogens (tertiary/aromatic N) is 1. The molecule has 1 N–H and O–H groups in total. The number of hydrogen-bond donors (Lipinski definition) is 1. The molecule has 25 heavy (non-hydrogen) atoms. The topological polar surface area (TPSA) is 79.6 Å². The predicted octanol–water partition coefficient (Wildman–Crippen LogP) is 1.34. The fourth-order valence-electron chi connectivity index (χ4n) is 5.14. The molecule has 0 aromatic carbocycles. The number of hydrogen-bond acceptors (Lipinski definition) is 4. The molecule has 0 spiro atoms. The highest BCUT2D eigenvalue weighted by Crippen LogP contribution is 2.65. The van der Waals surface area contributed by atoms with Gasteiger partial charge >= 0.3 is 0 Å². The van der Waals surface area contributed by atoms with E-state index in [4.69, 9.17) is 4.42 Å². The second kappa shape index (κ2) is 5.31. The minimum absolute atomic E-state index is 0.0708. The summed E-state index contributed by atoms with van der Waals surface area (Å²) in [6.07, 6.45) is 7.16. The van der Waals surface area contributed by atoms with E-state index in [9.17, 15) is 14.4 Å². The Balaban J connectivity index is 1.22. The van der Waals surface area contributed by atoms with E-state index in [0.29, 0.717) is 24.1 Å². The van der Waals surface area contributed by atoms with E-state index >= 15 is 0 Å². The summed E-state index contributed by atoms with van der Waals surface area (Å²) < 4.78 is 5.16.